The molecule has 3 atom stereocenters. The zero-order valence-corrected chi connectivity index (χ0v) is 15.9. The van der Waals surface area contributed by atoms with Crippen LogP contribution in [0.2, 0.25) is 18.1 Å². The summed E-state index contributed by atoms with van der Waals surface area (Å²) in [5.74, 6) is -0.158. The Hall–Kier alpha value is -0.913. The predicted octanol–water partition coefficient (Wildman–Crippen LogP) is 3.57. The Balaban J connectivity index is 2.82. The number of nitrogens with zero attached hydrogens (tertiary/aromatic N) is 1. The molecule has 0 bridgehead atoms. The van der Waals surface area contributed by atoms with Crippen molar-refractivity contribution in [2.24, 2.45) is 5.92 Å². The lowest BCUT2D eigenvalue weighted by Crippen LogP contribution is -2.66. The molecule has 1 aliphatic heterocycles. The lowest BCUT2D eigenvalue weighted by atomic mass is 9.90. The van der Waals surface area contributed by atoms with Gasteiger partial charge in [0.25, 0.3) is 0 Å². The molecule has 1 aliphatic rings. The van der Waals surface area contributed by atoms with Crippen LogP contribution >= 0.6 is 0 Å². The van der Waals surface area contributed by atoms with Gasteiger partial charge in [-0.3, -0.25) is 4.79 Å². The van der Waals surface area contributed by atoms with Gasteiger partial charge in [-0.15, -0.1) is 13.2 Å². The van der Waals surface area contributed by atoms with Crippen LogP contribution in [0.4, 0.5) is 0 Å². The van der Waals surface area contributed by atoms with Gasteiger partial charge in [0.05, 0.1) is 12.7 Å². The van der Waals surface area contributed by atoms with Crippen LogP contribution in [0.25, 0.3) is 0 Å². The molecule has 0 radical (unpaired) electrons. The SMILES string of the molecule is C=CCO[C@H]1[C@@H]([C@@H](C)O[Si](C)(C)C(C)(C)C)C(=O)N1CC=C. The quantitative estimate of drug-likeness (QED) is 0.389. The third kappa shape index (κ3) is 3.89. The fourth-order valence-electron chi connectivity index (χ4n) is 2.39. The molecule has 5 heteroatoms. The maximum atomic E-state index is 12.4. The van der Waals surface area contributed by atoms with Gasteiger partial charge in [0.2, 0.25) is 5.91 Å². The van der Waals surface area contributed by atoms with Crippen LogP contribution in [-0.2, 0) is 14.0 Å². The fourth-order valence-corrected chi connectivity index (χ4v) is 3.82. The topological polar surface area (TPSA) is 38.8 Å². The van der Waals surface area contributed by atoms with Gasteiger partial charge in [-0.1, -0.05) is 32.9 Å². The third-order valence-electron chi connectivity index (χ3n) is 4.69. The Morgan fingerprint density at radius 3 is 2.36 bits per heavy atom. The zero-order valence-electron chi connectivity index (χ0n) is 14.9. The smallest absolute Gasteiger partial charge is 0.235 e. The van der Waals surface area contributed by atoms with E-state index in [0.29, 0.717) is 13.2 Å². The Morgan fingerprint density at radius 2 is 1.91 bits per heavy atom. The Labute approximate surface area is 136 Å². The predicted molar refractivity (Wildman–Crippen MR) is 93.1 cm³/mol. The van der Waals surface area contributed by atoms with Crippen molar-refractivity contribution in [3.63, 3.8) is 0 Å². The summed E-state index contributed by atoms with van der Waals surface area (Å²) in [6.07, 6.45) is 3.02. The number of β-lactam (4-membered cyclic amide) rings is 1. The van der Waals surface area contributed by atoms with E-state index < -0.39 is 8.32 Å². The average molecular weight is 326 g/mol. The number of amides is 1. The van der Waals surface area contributed by atoms with E-state index in [4.69, 9.17) is 9.16 Å². The summed E-state index contributed by atoms with van der Waals surface area (Å²) in [4.78, 5) is 14.1. The fraction of sp³-hybridized carbons (Fsp3) is 0.706. The third-order valence-corrected chi connectivity index (χ3v) is 9.26. The first-order chi connectivity index (χ1) is 10.1. The number of rotatable bonds is 8. The Kier molecular flexibility index (Phi) is 6.18. The minimum atomic E-state index is -1.91. The highest BCUT2D eigenvalue weighted by Gasteiger charge is 2.52. The summed E-state index contributed by atoms with van der Waals surface area (Å²) in [6, 6.07) is 0. The van der Waals surface area contributed by atoms with Crippen LogP contribution in [0.3, 0.4) is 0 Å². The second-order valence-electron chi connectivity index (χ2n) is 7.40. The summed E-state index contributed by atoms with van der Waals surface area (Å²) in [7, 11) is -1.91. The summed E-state index contributed by atoms with van der Waals surface area (Å²) in [5.41, 5.74) is 0. The van der Waals surface area contributed by atoms with Gasteiger partial charge in [-0.25, -0.2) is 0 Å². The highest BCUT2D eigenvalue weighted by Crippen LogP contribution is 2.40. The molecule has 1 heterocycles. The zero-order chi connectivity index (χ0) is 17.1. The summed E-state index contributed by atoms with van der Waals surface area (Å²) < 4.78 is 12.1. The van der Waals surface area contributed by atoms with Crippen LogP contribution in [0.1, 0.15) is 27.7 Å². The maximum Gasteiger partial charge on any atom is 0.235 e. The molecule has 0 unspecified atom stereocenters. The van der Waals surface area contributed by atoms with Gasteiger partial charge in [0, 0.05) is 6.54 Å². The van der Waals surface area contributed by atoms with Crippen molar-refractivity contribution in [1.29, 1.82) is 0 Å². The van der Waals surface area contributed by atoms with E-state index in [1.54, 1.807) is 17.1 Å². The molecule has 0 saturated carbocycles. The maximum absolute atomic E-state index is 12.4. The van der Waals surface area contributed by atoms with Gasteiger partial charge in [-0.05, 0) is 25.1 Å². The molecule has 4 nitrogen and oxygen atoms in total. The van der Waals surface area contributed by atoms with Crippen LogP contribution in [0.15, 0.2) is 25.3 Å². The number of carbonyl (C=O) groups is 1. The van der Waals surface area contributed by atoms with Crippen molar-refractivity contribution in [3.8, 4) is 0 Å². The lowest BCUT2D eigenvalue weighted by Gasteiger charge is -2.50. The molecule has 0 aromatic heterocycles. The lowest BCUT2D eigenvalue weighted by molar-refractivity contribution is -0.199. The second kappa shape index (κ2) is 7.11. The monoisotopic (exact) mass is 325 g/mol. The van der Waals surface area contributed by atoms with E-state index in [1.165, 1.54) is 0 Å². The number of hydrogen-bond donors (Lipinski definition) is 0. The normalized spacial score (nSPS) is 23.9. The van der Waals surface area contributed by atoms with Crippen molar-refractivity contribution in [1.82, 2.24) is 4.90 Å². The van der Waals surface area contributed by atoms with Crippen LogP contribution < -0.4 is 0 Å². The van der Waals surface area contributed by atoms with Crippen molar-refractivity contribution in [2.75, 3.05) is 13.2 Å². The molecule has 1 amide bonds. The highest BCUT2D eigenvalue weighted by atomic mass is 28.4. The van der Waals surface area contributed by atoms with E-state index in [1.807, 2.05) is 6.92 Å². The second-order valence-corrected chi connectivity index (χ2v) is 12.2. The van der Waals surface area contributed by atoms with Gasteiger partial charge < -0.3 is 14.1 Å². The minimum absolute atomic E-state index is 0.0835. The first-order valence-corrected chi connectivity index (χ1v) is 10.8. The van der Waals surface area contributed by atoms with E-state index in [-0.39, 0.29) is 29.2 Å². The number of likely N-dealkylation sites (tertiary alicyclic amines) is 1. The number of carbonyl (C=O) groups excluding carboxylic acids is 1. The average Bonchev–Trinajstić information content (AvgIpc) is 2.38. The Morgan fingerprint density at radius 1 is 1.32 bits per heavy atom. The van der Waals surface area contributed by atoms with E-state index >= 15 is 0 Å². The van der Waals surface area contributed by atoms with Crippen molar-refractivity contribution in [2.45, 2.75) is 58.2 Å². The molecule has 1 rings (SSSR count). The van der Waals surface area contributed by atoms with Crippen molar-refractivity contribution in [3.05, 3.63) is 25.3 Å². The molecule has 1 fully saturated rings. The largest absolute Gasteiger partial charge is 0.413 e. The molecule has 0 aromatic carbocycles. The van der Waals surface area contributed by atoms with Crippen molar-refractivity contribution >= 4 is 14.2 Å². The van der Waals surface area contributed by atoms with Gasteiger partial charge in [0.15, 0.2) is 8.32 Å². The van der Waals surface area contributed by atoms with Crippen LogP contribution in [-0.4, -0.2) is 44.6 Å². The number of hydrogen-bond acceptors (Lipinski definition) is 3. The summed E-state index contributed by atoms with van der Waals surface area (Å²) >= 11 is 0. The van der Waals surface area contributed by atoms with Crippen LogP contribution in [0, 0.1) is 5.92 Å². The standard InChI is InChI=1S/C17H31NO3Si/c1-9-11-18-15(19)14(16(18)20-12-10-2)13(3)21-22(7,8)17(4,5)6/h9-10,13-14,16H,1-2,11-12H2,3-8H3/t13-,14+,16+/m1/s1. The Bertz CT molecular complexity index is 428. The molecule has 0 aromatic rings. The van der Waals surface area contributed by atoms with E-state index in [2.05, 4.69) is 47.0 Å². The van der Waals surface area contributed by atoms with Gasteiger partial charge >= 0.3 is 0 Å². The minimum Gasteiger partial charge on any atom is -0.413 e. The van der Waals surface area contributed by atoms with Crippen molar-refractivity contribution < 1.29 is 14.0 Å². The van der Waals surface area contributed by atoms with Gasteiger partial charge in [0.1, 0.15) is 12.1 Å². The molecule has 0 spiro atoms. The van der Waals surface area contributed by atoms with E-state index in [9.17, 15) is 4.79 Å². The van der Waals surface area contributed by atoms with Crippen LogP contribution in [0.5, 0.6) is 0 Å². The molecule has 0 N–H and O–H groups in total. The molecule has 1 saturated heterocycles. The first kappa shape index (κ1) is 19.1. The molecule has 0 aliphatic carbocycles. The summed E-state index contributed by atoms with van der Waals surface area (Å²) in [6.45, 7) is 21.3. The highest BCUT2D eigenvalue weighted by molar-refractivity contribution is 6.74. The van der Waals surface area contributed by atoms with E-state index in [0.717, 1.165) is 0 Å². The molecular weight excluding hydrogens is 294 g/mol. The molecular formula is C17H31NO3Si. The molecule has 22 heavy (non-hydrogen) atoms. The first-order valence-electron chi connectivity index (χ1n) is 7.88. The van der Waals surface area contributed by atoms with Gasteiger partial charge in [-0.2, -0.15) is 0 Å². The molecule has 126 valence electrons. The summed E-state index contributed by atoms with van der Waals surface area (Å²) in [5, 5.41) is 0.117. The number of ether oxygens (including phenoxy) is 1.